The Balaban J connectivity index is 1.61. The maximum absolute atomic E-state index is 12.5. The fourth-order valence-corrected chi connectivity index (χ4v) is 5.45. The maximum Gasteiger partial charge on any atom is 0.317 e. The molecular formula is C18H29N3O. The van der Waals surface area contributed by atoms with Crippen LogP contribution in [-0.2, 0) is 0 Å². The predicted octanol–water partition coefficient (Wildman–Crippen LogP) is 2.61. The van der Waals surface area contributed by atoms with Gasteiger partial charge in [0.1, 0.15) is 0 Å². The van der Waals surface area contributed by atoms with Gasteiger partial charge in [-0.15, -0.1) is 0 Å². The number of fused-ring (bicyclic) bond motifs is 6. The first kappa shape index (κ1) is 14.6. The van der Waals surface area contributed by atoms with Gasteiger partial charge in [0.2, 0.25) is 0 Å². The van der Waals surface area contributed by atoms with Gasteiger partial charge in [-0.05, 0) is 57.4 Å². The Bertz CT molecular complexity index is 475. The van der Waals surface area contributed by atoms with Gasteiger partial charge in [0.15, 0.2) is 0 Å². The molecule has 2 bridgehead atoms. The normalized spacial score (nSPS) is 37.9. The van der Waals surface area contributed by atoms with Crippen LogP contribution < -0.4 is 5.32 Å². The van der Waals surface area contributed by atoms with Crippen molar-refractivity contribution in [2.24, 2.45) is 11.8 Å². The number of nitrogens with one attached hydrogen (secondary N) is 1. The molecule has 0 unspecified atom stereocenters. The van der Waals surface area contributed by atoms with Crippen molar-refractivity contribution in [3.05, 3.63) is 11.6 Å². The van der Waals surface area contributed by atoms with E-state index in [2.05, 4.69) is 21.2 Å². The number of nitrogens with zero attached hydrogens (tertiary/aromatic N) is 2. The molecule has 2 amide bonds. The van der Waals surface area contributed by atoms with Crippen LogP contribution in [0.1, 0.15) is 45.4 Å². The van der Waals surface area contributed by atoms with Gasteiger partial charge in [-0.2, -0.15) is 0 Å². The molecule has 4 heteroatoms. The molecule has 1 aliphatic carbocycles. The van der Waals surface area contributed by atoms with Crippen LogP contribution in [0.25, 0.3) is 0 Å². The maximum atomic E-state index is 12.5. The summed E-state index contributed by atoms with van der Waals surface area (Å²) in [4.78, 5) is 17.3. The number of urea groups is 1. The fourth-order valence-electron chi connectivity index (χ4n) is 5.45. The van der Waals surface area contributed by atoms with Crippen molar-refractivity contribution < 1.29 is 4.79 Å². The van der Waals surface area contributed by atoms with Gasteiger partial charge in [-0.1, -0.05) is 18.1 Å². The topological polar surface area (TPSA) is 35.6 Å². The molecule has 3 saturated heterocycles. The van der Waals surface area contributed by atoms with Crippen molar-refractivity contribution in [1.29, 1.82) is 0 Å². The molecule has 3 aliphatic heterocycles. The molecule has 0 aromatic carbocycles. The second-order valence-electron chi connectivity index (χ2n) is 7.54. The number of piperidine rings is 3. The number of hydrogen-bond donors (Lipinski definition) is 1. The van der Waals surface area contributed by atoms with Crippen LogP contribution >= 0.6 is 0 Å². The lowest BCUT2D eigenvalue weighted by Gasteiger charge is -2.54. The number of rotatable bonds is 1. The minimum atomic E-state index is 0.150. The van der Waals surface area contributed by atoms with Gasteiger partial charge in [-0.3, -0.25) is 4.90 Å². The quantitative estimate of drug-likeness (QED) is 0.756. The molecule has 4 nitrogen and oxygen atoms in total. The summed E-state index contributed by atoms with van der Waals surface area (Å²) in [6.45, 7) is 6.14. The molecule has 0 saturated carbocycles. The van der Waals surface area contributed by atoms with Crippen molar-refractivity contribution in [2.45, 2.75) is 57.5 Å². The van der Waals surface area contributed by atoms with Gasteiger partial charge in [0.05, 0.1) is 6.04 Å². The van der Waals surface area contributed by atoms with E-state index >= 15 is 0 Å². The van der Waals surface area contributed by atoms with Crippen molar-refractivity contribution in [2.75, 3.05) is 26.2 Å². The van der Waals surface area contributed by atoms with Crippen molar-refractivity contribution in [1.82, 2.24) is 15.1 Å². The Morgan fingerprint density at radius 1 is 1.32 bits per heavy atom. The summed E-state index contributed by atoms with van der Waals surface area (Å²) in [5, 5.41) is 3.02. The lowest BCUT2D eigenvalue weighted by Crippen LogP contribution is -2.61. The Labute approximate surface area is 133 Å². The van der Waals surface area contributed by atoms with Crippen LogP contribution in [0.3, 0.4) is 0 Å². The summed E-state index contributed by atoms with van der Waals surface area (Å²) < 4.78 is 0. The first-order valence-corrected chi connectivity index (χ1v) is 9.27. The van der Waals surface area contributed by atoms with E-state index in [0.29, 0.717) is 12.0 Å². The summed E-state index contributed by atoms with van der Waals surface area (Å²) in [5.41, 5.74) is 1.57. The second kappa shape index (κ2) is 5.88. The second-order valence-corrected chi connectivity index (χ2v) is 7.54. The summed E-state index contributed by atoms with van der Waals surface area (Å²) >= 11 is 0. The number of carbonyl (C=O) groups excluding carboxylic acids is 1. The average Bonchev–Trinajstić information content (AvgIpc) is 2.54. The molecule has 4 aliphatic rings. The third kappa shape index (κ3) is 2.36. The van der Waals surface area contributed by atoms with Crippen LogP contribution in [0.15, 0.2) is 11.6 Å². The highest BCUT2D eigenvalue weighted by molar-refractivity contribution is 5.75. The average molecular weight is 303 g/mol. The number of amides is 2. The predicted molar refractivity (Wildman–Crippen MR) is 87.7 cm³/mol. The zero-order valence-electron chi connectivity index (χ0n) is 13.8. The SMILES string of the molecule is CCNC(=O)N1CCCC2=C[C@H]3C[C@@H](CN4CCCC[C@H]34)[C@H]21. The molecular weight excluding hydrogens is 274 g/mol. The van der Waals surface area contributed by atoms with Crippen LogP contribution in [0.4, 0.5) is 4.79 Å². The Hall–Kier alpha value is -1.03. The zero-order chi connectivity index (χ0) is 15.1. The van der Waals surface area contributed by atoms with Crippen molar-refractivity contribution >= 4 is 6.03 Å². The van der Waals surface area contributed by atoms with E-state index in [1.807, 2.05) is 6.92 Å². The number of hydrogen-bond acceptors (Lipinski definition) is 2. The van der Waals surface area contributed by atoms with Gasteiger partial charge in [0, 0.05) is 25.7 Å². The fraction of sp³-hybridized carbons (Fsp3) is 0.833. The largest absolute Gasteiger partial charge is 0.338 e. The Morgan fingerprint density at radius 3 is 3.09 bits per heavy atom. The van der Waals surface area contributed by atoms with E-state index in [1.165, 1.54) is 45.2 Å². The van der Waals surface area contributed by atoms with Crippen molar-refractivity contribution in [3.63, 3.8) is 0 Å². The molecule has 122 valence electrons. The summed E-state index contributed by atoms with van der Waals surface area (Å²) in [7, 11) is 0. The number of likely N-dealkylation sites (tertiary alicyclic amines) is 1. The highest BCUT2D eigenvalue weighted by atomic mass is 16.2. The van der Waals surface area contributed by atoms with Crippen LogP contribution in [0, 0.1) is 11.8 Å². The first-order chi connectivity index (χ1) is 10.8. The third-order valence-corrected chi connectivity index (χ3v) is 6.25. The molecule has 0 spiro atoms. The Kier molecular flexibility index (Phi) is 3.89. The zero-order valence-corrected chi connectivity index (χ0v) is 13.8. The highest BCUT2D eigenvalue weighted by Crippen LogP contribution is 2.44. The highest BCUT2D eigenvalue weighted by Gasteiger charge is 2.46. The monoisotopic (exact) mass is 303 g/mol. The van der Waals surface area contributed by atoms with E-state index in [0.717, 1.165) is 31.5 Å². The molecule has 3 fully saturated rings. The van der Waals surface area contributed by atoms with Gasteiger partial charge in [-0.25, -0.2) is 4.79 Å². The van der Waals surface area contributed by atoms with E-state index in [4.69, 9.17) is 0 Å². The lowest BCUT2D eigenvalue weighted by atomic mass is 9.68. The van der Waals surface area contributed by atoms with E-state index in [-0.39, 0.29) is 6.03 Å². The number of carbonyl (C=O) groups is 1. The Morgan fingerprint density at radius 2 is 2.23 bits per heavy atom. The van der Waals surface area contributed by atoms with Crippen molar-refractivity contribution in [3.8, 4) is 0 Å². The van der Waals surface area contributed by atoms with Crippen LogP contribution in [-0.4, -0.2) is 54.1 Å². The van der Waals surface area contributed by atoms with E-state index in [9.17, 15) is 4.79 Å². The molecule has 22 heavy (non-hydrogen) atoms. The van der Waals surface area contributed by atoms with Crippen LogP contribution in [0.2, 0.25) is 0 Å². The molecule has 4 atom stereocenters. The van der Waals surface area contributed by atoms with Gasteiger partial charge < -0.3 is 10.2 Å². The molecule has 0 radical (unpaired) electrons. The van der Waals surface area contributed by atoms with Crippen LogP contribution in [0.5, 0.6) is 0 Å². The smallest absolute Gasteiger partial charge is 0.317 e. The van der Waals surface area contributed by atoms with E-state index in [1.54, 1.807) is 5.57 Å². The van der Waals surface area contributed by atoms with E-state index < -0.39 is 0 Å². The molecule has 1 N–H and O–H groups in total. The molecule has 0 aromatic heterocycles. The third-order valence-electron chi connectivity index (χ3n) is 6.25. The standard InChI is InChI=1S/C18H29N3O/c1-2-19-18(22)21-9-5-6-13-10-14-11-15(17(13)21)12-20-8-4-3-7-16(14)20/h10,14-17H,2-9,11-12H2,1H3,(H,19,22)/t14-,15-,16+,17-/m0/s1. The van der Waals surface area contributed by atoms with Gasteiger partial charge in [0.25, 0.3) is 0 Å². The van der Waals surface area contributed by atoms with Gasteiger partial charge >= 0.3 is 6.03 Å². The molecule has 0 aromatic rings. The summed E-state index contributed by atoms with van der Waals surface area (Å²) in [6.07, 6.45) is 10.4. The minimum absolute atomic E-state index is 0.150. The first-order valence-electron chi connectivity index (χ1n) is 9.27. The molecule has 3 heterocycles. The summed E-state index contributed by atoms with van der Waals surface area (Å²) in [5.74, 6) is 1.40. The molecule has 4 rings (SSSR count). The summed E-state index contributed by atoms with van der Waals surface area (Å²) in [6, 6.07) is 1.31. The minimum Gasteiger partial charge on any atom is -0.338 e. The lowest BCUT2D eigenvalue weighted by molar-refractivity contribution is 0.00795.